The Morgan fingerprint density at radius 1 is 1.15 bits per heavy atom. The van der Waals surface area contributed by atoms with Gasteiger partial charge in [-0.05, 0) is 80.4 Å². The first-order valence-electron chi connectivity index (χ1n) is 13.4. The maximum absolute atomic E-state index is 13.9. The van der Waals surface area contributed by atoms with Gasteiger partial charge >= 0.3 is 5.97 Å². The van der Waals surface area contributed by atoms with Crippen LogP contribution >= 0.6 is 11.6 Å². The summed E-state index contributed by atoms with van der Waals surface area (Å²) >= 11 is 6.01. The standard InChI is InChI=1S/C30H30ClFN6O3/c1-2-41-28(39)13-14-37(22-10-11-24(32)23(31)16-22)30(40)19-5-12-26-25(15-19)36-27(38(26)21-8-9-21)17-35-20-6-3-18(4-7-20)29(33)34/h3-7,10-12,15-16,21,35H,2,8-9,13-14,17H2,1H3,(H3,33,34). The van der Waals surface area contributed by atoms with E-state index in [1.165, 1.54) is 23.1 Å². The fraction of sp³-hybridized carbons (Fsp3) is 0.267. The van der Waals surface area contributed by atoms with E-state index in [0.29, 0.717) is 34.9 Å². The summed E-state index contributed by atoms with van der Waals surface area (Å²) in [4.78, 5) is 32.1. The van der Waals surface area contributed by atoms with Crippen LogP contribution in [0.25, 0.3) is 11.0 Å². The number of ether oxygens (including phenoxy) is 1. The van der Waals surface area contributed by atoms with Gasteiger partial charge in [0, 0.05) is 35.1 Å². The van der Waals surface area contributed by atoms with Crippen molar-refractivity contribution in [3.8, 4) is 0 Å². The third-order valence-corrected chi connectivity index (χ3v) is 7.16. The molecule has 9 nitrogen and oxygen atoms in total. The number of esters is 1. The number of amides is 1. The van der Waals surface area contributed by atoms with Crippen LogP contribution in [0.5, 0.6) is 0 Å². The molecule has 0 bridgehead atoms. The van der Waals surface area contributed by atoms with E-state index < -0.39 is 11.8 Å². The number of rotatable bonds is 11. The Morgan fingerprint density at radius 2 is 1.88 bits per heavy atom. The van der Waals surface area contributed by atoms with E-state index in [0.717, 1.165) is 29.9 Å². The summed E-state index contributed by atoms with van der Waals surface area (Å²) in [6.45, 7) is 2.44. The molecule has 212 valence electrons. The minimum Gasteiger partial charge on any atom is -0.466 e. The van der Waals surface area contributed by atoms with Gasteiger partial charge in [0.25, 0.3) is 5.91 Å². The van der Waals surface area contributed by atoms with Gasteiger partial charge in [-0.25, -0.2) is 9.37 Å². The van der Waals surface area contributed by atoms with Crippen LogP contribution in [-0.4, -0.2) is 40.4 Å². The third kappa shape index (κ3) is 6.33. The molecule has 3 aromatic carbocycles. The highest BCUT2D eigenvalue weighted by Gasteiger charge is 2.29. The molecule has 0 atom stereocenters. The van der Waals surface area contributed by atoms with Crippen molar-refractivity contribution in [1.29, 1.82) is 5.41 Å². The molecule has 1 aliphatic rings. The molecule has 5 rings (SSSR count). The van der Waals surface area contributed by atoms with Crippen LogP contribution in [-0.2, 0) is 16.1 Å². The van der Waals surface area contributed by atoms with Crippen molar-refractivity contribution >= 4 is 51.7 Å². The van der Waals surface area contributed by atoms with Gasteiger partial charge in [0.05, 0.1) is 35.6 Å². The number of carbonyl (C=O) groups is 2. The molecule has 41 heavy (non-hydrogen) atoms. The first-order valence-corrected chi connectivity index (χ1v) is 13.7. The number of amidine groups is 1. The van der Waals surface area contributed by atoms with Crippen LogP contribution < -0.4 is 16.0 Å². The molecule has 4 aromatic rings. The van der Waals surface area contributed by atoms with E-state index in [-0.39, 0.29) is 36.3 Å². The molecule has 1 aliphatic carbocycles. The van der Waals surface area contributed by atoms with Crippen LogP contribution in [0, 0.1) is 11.2 Å². The highest BCUT2D eigenvalue weighted by atomic mass is 35.5. The van der Waals surface area contributed by atoms with Crippen molar-refractivity contribution in [2.45, 2.75) is 38.8 Å². The van der Waals surface area contributed by atoms with Crippen molar-refractivity contribution < 1.29 is 18.7 Å². The van der Waals surface area contributed by atoms with Gasteiger partial charge in [-0.15, -0.1) is 0 Å². The Balaban J connectivity index is 1.42. The zero-order valence-corrected chi connectivity index (χ0v) is 23.2. The first-order chi connectivity index (χ1) is 19.7. The fourth-order valence-corrected chi connectivity index (χ4v) is 4.86. The first kappa shape index (κ1) is 28.1. The summed E-state index contributed by atoms with van der Waals surface area (Å²) < 4.78 is 21.1. The number of benzene rings is 3. The number of nitrogens with zero attached hydrogens (tertiary/aromatic N) is 3. The molecule has 1 amide bonds. The minimum atomic E-state index is -0.601. The molecular weight excluding hydrogens is 547 g/mol. The molecule has 1 heterocycles. The Hall–Kier alpha value is -4.44. The van der Waals surface area contributed by atoms with Crippen molar-refractivity contribution in [3.63, 3.8) is 0 Å². The van der Waals surface area contributed by atoms with Crippen molar-refractivity contribution in [1.82, 2.24) is 9.55 Å². The number of halogens is 2. The fourth-order valence-electron chi connectivity index (χ4n) is 4.69. The van der Waals surface area contributed by atoms with Crippen LogP contribution in [0.1, 0.15) is 54.0 Å². The number of aromatic nitrogens is 2. The van der Waals surface area contributed by atoms with Crippen LogP contribution in [0.3, 0.4) is 0 Å². The van der Waals surface area contributed by atoms with Gasteiger partial charge in [-0.2, -0.15) is 0 Å². The topological polar surface area (TPSA) is 126 Å². The number of hydrogen-bond acceptors (Lipinski definition) is 6. The third-order valence-electron chi connectivity index (χ3n) is 6.87. The molecular formula is C30H30ClFN6O3. The second-order valence-corrected chi connectivity index (χ2v) is 10.2. The van der Waals surface area contributed by atoms with Crippen LogP contribution in [0.2, 0.25) is 5.02 Å². The van der Waals surface area contributed by atoms with E-state index in [2.05, 4.69) is 9.88 Å². The number of carbonyl (C=O) groups excluding carboxylic acids is 2. The van der Waals surface area contributed by atoms with E-state index in [1.807, 2.05) is 18.2 Å². The van der Waals surface area contributed by atoms with Crippen LogP contribution in [0.4, 0.5) is 15.8 Å². The Kier molecular flexibility index (Phi) is 8.21. The smallest absolute Gasteiger partial charge is 0.307 e. The average Bonchev–Trinajstić information content (AvgIpc) is 3.73. The predicted molar refractivity (Wildman–Crippen MR) is 157 cm³/mol. The zero-order chi connectivity index (χ0) is 29.1. The lowest BCUT2D eigenvalue weighted by Crippen LogP contribution is -2.33. The molecule has 0 radical (unpaired) electrons. The molecule has 11 heteroatoms. The van der Waals surface area contributed by atoms with Gasteiger partial charge in [0.2, 0.25) is 0 Å². The van der Waals surface area contributed by atoms with Gasteiger partial charge in [-0.1, -0.05) is 11.6 Å². The SMILES string of the molecule is CCOC(=O)CCN(C(=O)c1ccc2c(c1)nc(CNc1ccc(C(=N)N)cc1)n2C1CC1)c1ccc(F)c(Cl)c1. The molecule has 0 aliphatic heterocycles. The lowest BCUT2D eigenvalue weighted by Gasteiger charge is -2.23. The molecule has 0 saturated heterocycles. The summed E-state index contributed by atoms with van der Waals surface area (Å²) in [5.74, 6) is -0.557. The summed E-state index contributed by atoms with van der Waals surface area (Å²) in [6, 6.07) is 17.0. The number of nitrogens with one attached hydrogen (secondary N) is 2. The van der Waals surface area contributed by atoms with Crippen molar-refractivity contribution in [2.75, 3.05) is 23.4 Å². The largest absolute Gasteiger partial charge is 0.466 e. The predicted octanol–water partition coefficient (Wildman–Crippen LogP) is 5.66. The zero-order valence-electron chi connectivity index (χ0n) is 22.5. The number of hydrogen-bond donors (Lipinski definition) is 3. The van der Waals surface area contributed by atoms with Gasteiger partial charge in [0.15, 0.2) is 0 Å². The molecule has 0 unspecified atom stereocenters. The highest BCUT2D eigenvalue weighted by Crippen LogP contribution is 2.39. The van der Waals surface area contributed by atoms with E-state index in [4.69, 9.17) is 32.5 Å². The van der Waals surface area contributed by atoms with Gasteiger partial charge in [-0.3, -0.25) is 15.0 Å². The maximum atomic E-state index is 13.9. The number of nitrogen functional groups attached to an aromatic ring is 1. The Bertz CT molecular complexity index is 1620. The van der Waals surface area contributed by atoms with Gasteiger partial charge in [0.1, 0.15) is 17.5 Å². The highest BCUT2D eigenvalue weighted by molar-refractivity contribution is 6.31. The summed E-state index contributed by atoms with van der Waals surface area (Å²) in [5.41, 5.74) is 9.42. The normalized spacial score (nSPS) is 12.8. The summed E-state index contributed by atoms with van der Waals surface area (Å²) in [6.07, 6.45) is 2.08. The summed E-state index contributed by atoms with van der Waals surface area (Å²) in [5, 5.41) is 10.8. The number of fused-ring (bicyclic) bond motifs is 1. The van der Waals surface area contributed by atoms with E-state index in [1.54, 1.807) is 31.2 Å². The second-order valence-electron chi connectivity index (χ2n) is 9.79. The quantitative estimate of drug-likeness (QED) is 0.120. The second kappa shape index (κ2) is 12.0. The Labute approximate surface area is 241 Å². The number of nitrogens with two attached hydrogens (primary N) is 1. The number of anilines is 2. The van der Waals surface area contributed by atoms with Crippen molar-refractivity contribution in [3.05, 3.63) is 88.5 Å². The van der Waals surface area contributed by atoms with Crippen molar-refractivity contribution in [2.24, 2.45) is 5.73 Å². The Morgan fingerprint density at radius 3 is 2.54 bits per heavy atom. The number of imidazole rings is 1. The average molecular weight is 577 g/mol. The van der Waals surface area contributed by atoms with Gasteiger partial charge < -0.3 is 25.3 Å². The molecule has 0 spiro atoms. The molecule has 4 N–H and O–H groups in total. The lowest BCUT2D eigenvalue weighted by atomic mass is 10.1. The molecule has 1 aromatic heterocycles. The molecule has 1 fully saturated rings. The minimum absolute atomic E-state index is 0.0133. The summed E-state index contributed by atoms with van der Waals surface area (Å²) in [7, 11) is 0. The monoisotopic (exact) mass is 576 g/mol. The molecule has 1 saturated carbocycles. The van der Waals surface area contributed by atoms with Crippen LogP contribution in [0.15, 0.2) is 60.7 Å². The van der Waals surface area contributed by atoms with E-state index >= 15 is 0 Å². The lowest BCUT2D eigenvalue weighted by molar-refractivity contribution is -0.142. The maximum Gasteiger partial charge on any atom is 0.307 e. The van der Waals surface area contributed by atoms with E-state index in [9.17, 15) is 14.0 Å².